The van der Waals surface area contributed by atoms with E-state index in [1.54, 1.807) is 0 Å². The molecule has 0 amide bonds. The monoisotopic (exact) mass is 269 g/mol. The summed E-state index contributed by atoms with van der Waals surface area (Å²) < 4.78 is 0. The van der Waals surface area contributed by atoms with Crippen LogP contribution in [0, 0.1) is 0 Å². The molecule has 98 valence electrons. The van der Waals surface area contributed by atoms with Crippen LogP contribution in [0.15, 0.2) is 59.5 Å². The van der Waals surface area contributed by atoms with Crippen molar-refractivity contribution in [3.63, 3.8) is 0 Å². The molecule has 2 aromatic carbocycles. The highest BCUT2D eigenvalue weighted by Gasteiger charge is 2.21. The van der Waals surface area contributed by atoms with Crippen LogP contribution < -0.4 is 5.32 Å². The van der Waals surface area contributed by atoms with Crippen molar-refractivity contribution in [2.45, 2.75) is 30.3 Å². The number of benzene rings is 2. The van der Waals surface area contributed by atoms with Crippen molar-refractivity contribution in [2.75, 3.05) is 5.75 Å². The summed E-state index contributed by atoms with van der Waals surface area (Å²) in [4.78, 5) is 1.44. The van der Waals surface area contributed by atoms with E-state index in [1.165, 1.54) is 28.2 Å². The Morgan fingerprint density at radius 1 is 1.05 bits per heavy atom. The molecule has 0 bridgehead atoms. The molecular weight excluding hydrogens is 250 g/mol. The van der Waals surface area contributed by atoms with Gasteiger partial charge in [-0.2, -0.15) is 0 Å². The number of thioether (sulfide) groups is 1. The molecule has 1 aliphatic heterocycles. The van der Waals surface area contributed by atoms with Gasteiger partial charge in [-0.25, -0.2) is 0 Å². The number of rotatable bonds is 3. The average Bonchev–Trinajstić information content (AvgIpc) is 2.48. The summed E-state index contributed by atoms with van der Waals surface area (Å²) in [7, 11) is 0. The molecule has 1 nitrogen and oxygen atoms in total. The Kier molecular flexibility index (Phi) is 3.90. The third-order valence-electron chi connectivity index (χ3n) is 3.71. The van der Waals surface area contributed by atoms with Crippen LogP contribution in [0.3, 0.4) is 0 Å². The lowest BCUT2D eigenvalue weighted by Gasteiger charge is -2.29. The van der Waals surface area contributed by atoms with Crippen molar-refractivity contribution in [3.05, 3.63) is 65.7 Å². The zero-order valence-electron chi connectivity index (χ0n) is 11.2. The van der Waals surface area contributed by atoms with E-state index in [1.807, 2.05) is 11.8 Å². The molecule has 0 saturated carbocycles. The third-order valence-corrected chi connectivity index (χ3v) is 4.83. The van der Waals surface area contributed by atoms with E-state index in [0.717, 1.165) is 0 Å². The minimum Gasteiger partial charge on any atom is -0.303 e. The molecule has 1 heterocycles. The Bertz CT molecular complexity index is 538. The molecular formula is C17H19NS. The molecule has 2 heteroatoms. The van der Waals surface area contributed by atoms with E-state index in [4.69, 9.17) is 0 Å². The van der Waals surface area contributed by atoms with Crippen molar-refractivity contribution in [1.82, 2.24) is 5.32 Å². The topological polar surface area (TPSA) is 12.0 Å². The zero-order valence-corrected chi connectivity index (χ0v) is 12.0. The first-order valence-corrected chi connectivity index (χ1v) is 7.86. The molecule has 1 unspecified atom stereocenters. The second kappa shape index (κ2) is 5.81. The van der Waals surface area contributed by atoms with Gasteiger partial charge in [-0.1, -0.05) is 48.5 Å². The second-order valence-corrected chi connectivity index (χ2v) is 6.16. The van der Waals surface area contributed by atoms with E-state index in [2.05, 4.69) is 66.8 Å². The highest BCUT2D eigenvalue weighted by atomic mass is 32.2. The maximum atomic E-state index is 3.78. The SMILES string of the molecule is C[C@@H](NC1CCSc2ccccc21)c1ccccc1. The van der Waals surface area contributed by atoms with Gasteiger partial charge in [-0.05, 0) is 36.3 Å². The summed E-state index contributed by atoms with van der Waals surface area (Å²) in [6, 6.07) is 20.3. The molecule has 0 saturated heterocycles. The standard InChI is InChI=1S/C17H19NS/c1-13(14-7-3-2-4-8-14)18-16-11-12-19-17-10-6-5-9-15(16)17/h2-10,13,16,18H,11-12H2,1H3/t13-,16?/m1/s1. The van der Waals surface area contributed by atoms with Gasteiger partial charge >= 0.3 is 0 Å². The van der Waals surface area contributed by atoms with Crippen molar-refractivity contribution in [2.24, 2.45) is 0 Å². The van der Waals surface area contributed by atoms with Crippen LogP contribution in [-0.4, -0.2) is 5.75 Å². The Morgan fingerprint density at radius 2 is 1.79 bits per heavy atom. The van der Waals surface area contributed by atoms with E-state index in [0.29, 0.717) is 12.1 Å². The number of hydrogen-bond acceptors (Lipinski definition) is 2. The minimum atomic E-state index is 0.391. The van der Waals surface area contributed by atoms with Crippen LogP contribution >= 0.6 is 11.8 Å². The molecule has 2 aromatic rings. The van der Waals surface area contributed by atoms with E-state index in [9.17, 15) is 0 Å². The van der Waals surface area contributed by atoms with E-state index >= 15 is 0 Å². The van der Waals surface area contributed by atoms with Gasteiger partial charge in [0.15, 0.2) is 0 Å². The maximum absolute atomic E-state index is 3.78. The highest BCUT2D eigenvalue weighted by Crippen LogP contribution is 2.36. The first kappa shape index (κ1) is 12.8. The molecule has 1 N–H and O–H groups in total. The largest absolute Gasteiger partial charge is 0.303 e. The molecule has 3 rings (SSSR count). The van der Waals surface area contributed by atoms with Gasteiger partial charge in [0.2, 0.25) is 0 Å². The highest BCUT2D eigenvalue weighted by molar-refractivity contribution is 7.99. The maximum Gasteiger partial charge on any atom is 0.0344 e. The summed E-state index contributed by atoms with van der Waals surface area (Å²) in [6.07, 6.45) is 1.21. The lowest BCUT2D eigenvalue weighted by atomic mass is 10.0. The number of nitrogens with one attached hydrogen (secondary N) is 1. The Hall–Kier alpha value is -1.25. The lowest BCUT2D eigenvalue weighted by Crippen LogP contribution is -2.27. The zero-order chi connectivity index (χ0) is 13.1. The fourth-order valence-electron chi connectivity index (χ4n) is 2.65. The van der Waals surface area contributed by atoms with Crippen molar-refractivity contribution in [3.8, 4) is 0 Å². The third kappa shape index (κ3) is 2.85. The first-order chi connectivity index (χ1) is 9.34. The minimum absolute atomic E-state index is 0.391. The average molecular weight is 269 g/mol. The Morgan fingerprint density at radius 3 is 2.63 bits per heavy atom. The molecule has 0 aliphatic carbocycles. The quantitative estimate of drug-likeness (QED) is 0.875. The first-order valence-electron chi connectivity index (χ1n) is 6.87. The van der Waals surface area contributed by atoms with Crippen molar-refractivity contribution < 1.29 is 0 Å². The van der Waals surface area contributed by atoms with Gasteiger partial charge in [0.25, 0.3) is 0 Å². The molecule has 0 aromatic heterocycles. The summed E-state index contributed by atoms with van der Waals surface area (Å²) in [5, 5.41) is 3.78. The van der Waals surface area contributed by atoms with Crippen LogP contribution in [0.25, 0.3) is 0 Å². The summed E-state index contributed by atoms with van der Waals surface area (Å²) >= 11 is 1.98. The smallest absolute Gasteiger partial charge is 0.0344 e. The summed E-state index contributed by atoms with van der Waals surface area (Å²) in [5.74, 6) is 1.20. The number of fused-ring (bicyclic) bond motifs is 1. The van der Waals surface area contributed by atoms with Gasteiger partial charge in [0.05, 0.1) is 0 Å². The Balaban J connectivity index is 1.78. The summed E-state index contributed by atoms with van der Waals surface area (Å²) in [6.45, 7) is 2.25. The van der Waals surface area contributed by atoms with E-state index < -0.39 is 0 Å². The molecule has 0 spiro atoms. The molecule has 1 aliphatic rings. The van der Waals surface area contributed by atoms with E-state index in [-0.39, 0.29) is 0 Å². The lowest BCUT2D eigenvalue weighted by molar-refractivity contribution is 0.450. The molecule has 0 radical (unpaired) electrons. The van der Waals surface area contributed by atoms with Crippen molar-refractivity contribution in [1.29, 1.82) is 0 Å². The van der Waals surface area contributed by atoms with Crippen LogP contribution in [0.1, 0.15) is 36.6 Å². The fourth-order valence-corrected chi connectivity index (χ4v) is 3.78. The van der Waals surface area contributed by atoms with Crippen LogP contribution in [-0.2, 0) is 0 Å². The molecule has 0 fully saturated rings. The van der Waals surface area contributed by atoms with Crippen LogP contribution in [0.5, 0.6) is 0 Å². The van der Waals surface area contributed by atoms with Gasteiger partial charge in [0, 0.05) is 17.0 Å². The van der Waals surface area contributed by atoms with Gasteiger partial charge in [-0.15, -0.1) is 11.8 Å². The molecule has 2 atom stereocenters. The van der Waals surface area contributed by atoms with Gasteiger partial charge in [-0.3, -0.25) is 0 Å². The Labute approximate surface area is 119 Å². The fraction of sp³-hybridized carbons (Fsp3) is 0.294. The van der Waals surface area contributed by atoms with Gasteiger partial charge < -0.3 is 5.32 Å². The van der Waals surface area contributed by atoms with Gasteiger partial charge in [0.1, 0.15) is 0 Å². The predicted octanol–water partition coefficient (Wildman–Crippen LogP) is 4.57. The van der Waals surface area contributed by atoms with Crippen LogP contribution in [0.2, 0.25) is 0 Å². The van der Waals surface area contributed by atoms with Crippen LogP contribution in [0.4, 0.5) is 0 Å². The summed E-state index contributed by atoms with van der Waals surface area (Å²) in [5.41, 5.74) is 2.82. The predicted molar refractivity (Wildman–Crippen MR) is 82.5 cm³/mol. The van der Waals surface area contributed by atoms with Crippen molar-refractivity contribution >= 4 is 11.8 Å². The number of hydrogen-bond donors (Lipinski definition) is 1. The second-order valence-electron chi connectivity index (χ2n) is 5.03. The normalized spacial score (nSPS) is 19.7. The molecule has 19 heavy (non-hydrogen) atoms.